The summed E-state index contributed by atoms with van der Waals surface area (Å²) < 4.78 is 0. The van der Waals surface area contributed by atoms with Gasteiger partial charge in [-0.3, -0.25) is 20.4 Å². The maximum Gasteiger partial charge on any atom is 0.253 e. The molecule has 1 aliphatic heterocycles. The highest BCUT2D eigenvalue weighted by Crippen LogP contribution is 2.30. The number of aliphatic hydroxyl groups is 1. The van der Waals surface area contributed by atoms with Crippen LogP contribution in [0.2, 0.25) is 10.0 Å². The number of carbonyl (C=O) groups excluding carboxylic acids is 2. The summed E-state index contributed by atoms with van der Waals surface area (Å²) in [6.45, 7) is 1.81. The van der Waals surface area contributed by atoms with Gasteiger partial charge in [-0.2, -0.15) is 0 Å². The number of nitrogens with one attached hydrogen (secondary N) is 3. The molecule has 0 bridgehead atoms. The fraction of sp³-hybridized carbons (Fsp3) is 0.333. The van der Waals surface area contributed by atoms with Crippen LogP contribution in [-0.2, 0) is 9.59 Å². The van der Waals surface area contributed by atoms with E-state index in [4.69, 9.17) is 23.2 Å². The third-order valence-corrected chi connectivity index (χ3v) is 3.99. The zero-order valence-corrected chi connectivity index (χ0v) is 12.0. The highest BCUT2D eigenvalue weighted by molar-refractivity contribution is 6.42. The van der Waals surface area contributed by atoms with Crippen molar-refractivity contribution >= 4 is 40.7 Å². The summed E-state index contributed by atoms with van der Waals surface area (Å²) in [6, 6.07) is 3.23. The van der Waals surface area contributed by atoms with E-state index in [2.05, 4.69) is 16.2 Å². The van der Waals surface area contributed by atoms with Gasteiger partial charge in [0.25, 0.3) is 5.91 Å². The Bertz CT molecular complexity index is 565. The molecule has 4 N–H and O–H groups in total. The molecule has 2 unspecified atom stereocenters. The molecule has 1 fully saturated rings. The average molecular weight is 318 g/mol. The van der Waals surface area contributed by atoms with Crippen LogP contribution in [0.3, 0.4) is 0 Å². The summed E-state index contributed by atoms with van der Waals surface area (Å²) in [5.41, 5.74) is 6.26. The molecule has 1 aliphatic rings. The van der Waals surface area contributed by atoms with Crippen molar-refractivity contribution in [2.45, 2.75) is 13.0 Å². The van der Waals surface area contributed by atoms with E-state index in [9.17, 15) is 14.7 Å². The van der Waals surface area contributed by atoms with Crippen LogP contribution in [0, 0.1) is 12.8 Å². The van der Waals surface area contributed by atoms with Crippen molar-refractivity contribution in [1.82, 2.24) is 10.7 Å². The van der Waals surface area contributed by atoms with Gasteiger partial charge in [-0.15, -0.1) is 0 Å². The van der Waals surface area contributed by atoms with Crippen LogP contribution in [0.25, 0.3) is 0 Å². The van der Waals surface area contributed by atoms with E-state index in [-0.39, 0.29) is 6.54 Å². The van der Waals surface area contributed by atoms with Gasteiger partial charge in [0.05, 0.1) is 21.8 Å². The predicted molar refractivity (Wildman–Crippen MR) is 75.5 cm³/mol. The zero-order chi connectivity index (χ0) is 14.9. The second-order valence-corrected chi connectivity index (χ2v) is 5.22. The summed E-state index contributed by atoms with van der Waals surface area (Å²) in [6.07, 6.45) is -1.03. The van der Waals surface area contributed by atoms with Crippen molar-refractivity contribution < 1.29 is 14.7 Å². The monoisotopic (exact) mass is 317 g/mol. The van der Waals surface area contributed by atoms with E-state index >= 15 is 0 Å². The molecule has 0 radical (unpaired) electrons. The first-order valence-corrected chi connectivity index (χ1v) is 6.63. The van der Waals surface area contributed by atoms with Gasteiger partial charge < -0.3 is 10.4 Å². The lowest BCUT2D eigenvalue weighted by atomic mass is 10.1. The second kappa shape index (κ2) is 5.87. The Balaban J connectivity index is 2.04. The largest absolute Gasteiger partial charge is 0.390 e. The molecule has 0 aliphatic carbocycles. The van der Waals surface area contributed by atoms with Crippen LogP contribution in [0.4, 0.5) is 5.69 Å². The first-order valence-electron chi connectivity index (χ1n) is 5.88. The summed E-state index contributed by atoms with van der Waals surface area (Å²) in [7, 11) is 0. The number of anilines is 1. The summed E-state index contributed by atoms with van der Waals surface area (Å²) in [5, 5.41) is 12.8. The predicted octanol–water partition coefficient (Wildman–Crippen LogP) is 0.852. The molecular formula is C12H13Cl2N3O3. The number of hydrogen-bond donors (Lipinski definition) is 4. The number of halogens is 2. The van der Waals surface area contributed by atoms with E-state index in [1.165, 1.54) is 0 Å². The minimum Gasteiger partial charge on any atom is -0.390 e. The number of hydrogen-bond acceptors (Lipinski definition) is 4. The van der Waals surface area contributed by atoms with Crippen molar-refractivity contribution in [3.05, 3.63) is 27.7 Å². The van der Waals surface area contributed by atoms with Crippen molar-refractivity contribution in [2.75, 3.05) is 12.0 Å². The molecule has 1 saturated heterocycles. The third-order valence-electron chi connectivity index (χ3n) is 3.09. The van der Waals surface area contributed by atoms with Gasteiger partial charge in [-0.05, 0) is 24.6 Å². The highest BCUT2D eigenvalue weighted by atomic mass is 35.5. The van der Waals surface area contributed by atoms with Crippen LogP contribution >= 0.6 is 23.2 Å². The number of rotatable bonds is 3. The van der Waals surface area contributed by atoms with Crippen LogP contribution in [0.5, 0.6) is 0 Å². The number of benzene rings is 1. The molecule has 1 heterocycles. The lowest BCUT2D eigenvalue weighted by molar-refractivity contribution is -0.135. The number of aliphatic hydroxyl groups excluding tert-OH is 1. The minimum absolute atomic E-state index is 0.0721. The Hall–Kier alpha value is -1.50. The van der Waals surface area contributed by atoms with E-state index in [0.29, 0.717) is 21.3 Å². The van der Waals surface area contributed by atoms with E-state index in [1.807, 2.05) is 0 Å². The van der Waals surface area contributed by atoms with Crippen LogP contribution in [0.1, 0.15) is 5.56 Å². The lowest BCUT2D eigenvalue weighted by Crippen LogP contribution is -2.42. The molecule has 2 atom stereocenters. The Kier molecular flexibility index (Phi) is 4.37. The molecule has 2 amide bonds. The zero-order valence-electron chi connectivity index (χ0n) is 10.5. The van der Waals surface area contributed by atoms with Gasteiger partial charge in [-0.25, -0.2) is 0 Å². The summed E-state index contributed by atoms with van der Waals surface area (Å²) >= 11 is 11.8. The number of β-amino-alcohol motifs (C(OH)–C–C–N with tert-alkyl or cyclic N) is 1. The van der Waals surface area contributed by atoms with Gasteiger partial charge in [0.15, 0.2) is 0 Å². The third kappa shape index (κ3) is 2.82. The maximum absolute atomic E-state index is 11.8. The highest BCUT2D eigenvalue weighted by Gasteiger charge is 2.39. The normalized spacial score (nSPS) is 21.5. The maximum atomic E-state index is 11.8. The molecule has 0 aromatic heterocycles. The van der Waals surface area contributed by atoms with Gasteiger partial charge >= 0.3 is 0 Å². The average Bonchev–Trinajstić information content (AvgIpc) is 2.74. The minimum atomic E-state index is -1.12. The molecule has 1 aromatic rings. The molecule has 0 saturated carbocycles. The molecule has 1 aromatic carbocycles. The number of carbonyl (C=O) groups is 2. The fourth-order valence-electron chi connectivity index (χ4n) is 1.90. The quantitative estimate of drug-likeness (QED) is 0.491. The first kappa shape index (κ1) is 14.9. The van der Waals surface area contributed by atoms with E-state index < -0.39 is 23.8 Å². The lowest BCUT2D eigenvalue weighted by Gasteiger charge is -2.15. The van der Waals surface area contributed by atoms with Crippen molar-refractivity contribution in [1.29, 1.82) is 0 Å². The molecule has 8 heteroatoms. The number of hydrazine groups is 1. The van der Waals surface area contributed by atoms with E-state index in [0.717, 1.165) is 0 Å². The van der Waals surface area contributed by atoms with Gasteiger partial charge in [0.2, 0.25) is 5.91 Å². The summed E-state index contributed by atoms with van der Waals surface area (Å²) in [4.78, 5) is 23.3. The van der Waals surface area contributed by atoms with Crippen molar-refractivity contribution in [3.63, 3.8) is 0 Å². The van der Waals surface area contributed by atoms with Crippen LogP contribution in [-0.4, -0.2) is 29.6 Å². The van der Waals surface area contributed by atoms with Crippen molar-refractivity contribution in [2.24, 2.45) is 5.92 Å². The van der Waals surface area contributed by atoms with Crippen LogP contribution < -0.4 is 16.2 Å². The Morgan fingerprint density at radius 2 is 2.15 bits per heavy atom. The molecular weight excluding hydrogens is 305 g/mol. The van der Waals surface area contributed by atoms with Gasteiger partial charge in [0, 0.05) is 6.54 Å². The van der Waals surface area contributed by atoms with Gasteiger partial charge in [-0.1, -0.05) is 23.2 Å². The van der Waals surface area contributed by atoms with Crippen LogP contribution in [0.15, 0.2) is 12.1 Å². The standard InChI is InChI=1S/C12H13Cl2N3O3/c1-5-7(3-2-6(13)10(5)14)16-17-12(20)9-8(18)4-15-11(9)19/h2-3,8-9,16,18H,4H2,1H3,(H,15,19)(H,17,20). The first-order chi connectivity index (χ1) is 9.41. The summed E-state index contributed by atoms with van der Waals surface area (Å²) in [5.74, 6) is -2.23. The molecule has 0 spiro atoms. The fourth-order valence-corrected chi connectivity index (χ4v) is 2.27. The molecule has 108 valence electrons. The Labute approximate surface area is 125 Å². The topological polar surface area (TPSA) is 90.5 Å². The molecule has 6 nitrogen and oxygen atoms in total. The Morgan fingerprint density at radius 1 is 1.45 bits per heavy atom. The smallest absolute Gasteiger partial charge is 0.253 e. The second-order valence-electron chi connectivity index (χ2n) is 4.44. The Morgan fingerprint density at radius 3 is 2.75 bits per heavy atom. The van der Waals surface area contributed by atoms with Crippen molar-refractivity contribution in [3.8, 4) is 0 Å². The molecule has 2 rings (SSSR count). The van der Waals surface area contributed by atoms with Gasteiger partial charge in [0.1, 0.15) is 5.92 Å². The number of amides is 2. The molecule has 20 heavy (non-hydrogen) atoms. The SMILES string of the molecule is Cc1c(NNC(=O)C2C(=O)NCC2O)ccc(Cl)c1Cl. The van der Waals surface area contributed by atoms with E-state index in [1.54, 1.807) is 19.1 Å².